The van der Waals surface area contributed by atoms with Crippen LogP contribution in [0, 0.1) is 0 Å². The molecule has 1 atom stereocenters. The highest BCUT2D eigenvalue weighted by molar-refractivity contribution is 14.0. The van der Waals surface area contributed by atoms with E-state index in [4.69, 9.17) is 5.73 Å². The number of carbonyl (C=O) groups excluding carboxylic acids is 1. The zero-order valence-electron chi connectivity index (χ0n) is 14.9. The van der Waals surface area contributed by atoms with Gasteiger partial charge in [0.2, 0.25) is 5.91 Å². The van der Waals surface area contributed by atoms with Crippen LogP contribution in [0.5, 0.6) is 0 Å². The molecule has 2 aromatic rings. The van der Waals surface area contributed by atoms with E-state index < -0.39 is 5.91 Å². The molecule has 1 amide bonds. The lowest BCUT2D eigenvalue weighted by Crippen LogP contribution is -2.39. The van der Waals surface area contributed by atoms with E-state index in [1.165, 1.54) is 4.90 Å². The number of guanidine groups is 1. The van der Waals surface area contributed by atoms with Crippen molar-refractivity contribution in [1.29, 1.82) is 0 Å². The Morgan fingerprint density at radius 3 is 2.35 bits per heavy atom. The third-order valence-corrected chi connectivity index (χ3v) is 4.67. The molecule has 0 spiro atoms. The molecule has 0 aromatic heterocycles. The van der Waals surface area contributed by atoms with E-state index in [1.54, 1.807) is 19.2 Å². The van der Waals surface area contributed by atoms with E-state index >= 15 is 0 Å². The Morgan fingerprint density at radius 2 is 1.77 bits per heavy atom. The average Bonchev–Trinajstić information content (AvgIpc) is 2.63. The molecule has 5 nitrogen and oxygen atoms in total. The SMILES string of the molecule is CN=C(NCc1ccc(C(N)=O)cc1)NCC(C)Sc1ccccc1.I. The minimum atomic E-state index is -0.415. The molecule has 0 bridgehead atoms. The fourth-order valence-electron chi connectivity index (χ4n) is 2.21. The Kier molecular flexibility index (Phi) is 10.1. The summed E-state index contributed by atoms with van der Waals surface area (Å²) < 4.78 is 0. The Morgan fingerprint density at radius 1 is 1.12 bits per heavy atom. The summed E-state index contributed by atoms with van der Waals surface area (Å²) in [6.07, 6.45) is 0. The van der Waals surface area contributed by atoms with Crippen molar-refractivity contribution in [2.45, 2.75) is 23.6 Å². The zero-order chi connectivity index (χ0) is 18.1. The number of carbonyl (C=O) groups is 1. The van der Waals surface area contributed by atoms with Crippen LogP contribution in [0.25, 0.3) is 0 Å². The summed E-state index contributed by atoms with van der Waals surface area (Å²) in [5.74, 6) is 0.335. The summed E-state index contributed by atoms with van der Waals surface area (Å²) in [5.41, 5.74) is 6.81. The van der Waals surface area contributed by atoms with Crippen LogP contribution in [-0.2, 0) is 6.54 Å². The number of amides is 1. The van der Waals surface area contributed by atoms with Gasteiger partial charge in [-0.2, -0.15) is 0 Å². The number of benzene rings is 2. The molecule has 140 valence electrons. The summed E-state index contributed by atoms with van der Waals surface area (Å²) in [6, 6.07) is 17.6. The van der Waals surface area contributed by atoms with E-state index in [-0.39, 0.29) is 24.0 Å². The van der Waals surface area contributed by atoms with Gasteiger partial charge in [0.25, 0.3) is 0 Å². The lowest BCUT2D eigenvalue weighted by atomic mass is 10.1. The van der Waals surface area contributed by atoms with Crippen LogP contribution in [0.15, 0.2) is 64.5 Å². The average molecular weight is 484 g/mol. The van der Waals surface area contributed by atoms with Gasteiger partial charge in [-0.1, -0.05) is 37.3 Å². The fourth-order valence-corrected chi connectivity index (χ4v) is 3.15. The van der Waals surface area contributed by atoms with E-state index in [0.29, 0.717) is 17.4 Å². The first kappa shape index (κ1) is 22.3. The van der Waals surface area contributed by atoms with Crippen LogP contribution in [-0.4, -0.2) is 30.7 Å². The quantitative estimate of drug-likeness (QED) is 0.244. The smallest absolute Gasteiger partial charge is 0.248 e. The number of nitrogens with zero attached hydrogens (tertiary/aromatic N) is 1. The first-order valence-corrected chi connectivity index (χ1v) is 9.01. The van der Waals surface area contributed by atoms with Gasteiger partial charge in [0, 0.05) is 35.8 Å². The molecule has 7 heteroatoms. The molecule has 0 heterocycles. The molecule has 0 aliphatic rings. The third kappa shape index (κ3) is 7.65. The number of hydrogen-bond acceptors (Lipinski definition) is 3. The Labute approximate surface area is 176 Å². The summed E-state index contributed by atoms with van der Waals surface area (Å²) in [4.78, 5) is 16.6. The molecular weight excluding hydrogens is 459 g/mol. The maximum Gasteiger partial charge on any atom is 0.248 e. The maximum atomic E-state index is 11.1. The molecule has 4 N–H and O–H groups in total. The number of nitrogens with two attached hydrogens (primary N) is 1. The lowest BCUT2D eigenvalue weighted by Gasteiger charge is -2.16. The number of hydrogen-bond donors (Lipinski definition) is 3. The second-order valence-corrected chi connectivity index (χ2v) is 7.12. The molecule has 0 radical (unpaired) electrons. The first-order valence-electron chi connectivity index (χ1n) is 8.13. The van der Waals surface area contributed by atoms with Crippen molar-refractivity contribution in [3.05, 3.63) is 65.7 Å². The number of thioether (sulfide) groups is 1. The van der Waals surface area contributed by atoms with Crippen LogP contribution in [0.3, 0.4) is 0 Å². The molecule has 0 saturated carbocycles. The van der Waals surface area contributed by atoms with Crippen molar-refractivity contribution in [3.8, 4) is 0 Å². The first-order chi connectivity index (χ1) is 12.1. The second kappa shape index (κ2) is 11.8. The Balaban J connectivity index is 0.00000338. The van der Waals surface area contributed by atoms with Gasteiger partial charge < -0.3 is 16.4 Å². The van der Waals surface area contributed by atoms with E-state index in [1.807, 2.05) is 42.1 Å². The van der Waals surface area contributed by atoms with Crippen molar-refractivity contribution in [2.75, 3.05) is 13.6 Å². The number of aliphatic imine (C=N–C) groups is 1. The summed E-state index contributed by atoms with van der Waals surface area (Å²) in [7, 11) is 1.75. The van der Waals surface area contributed by atoms with Gasteiger partial charge in [-0.15, -0.1) is 35.7 Å². The minimum Gasteiger partial charge on any atom is -0.366 e. The zero-order valence-corrected chi connectivity index (χ0v) is 18.1. The molecule has 1 unspecified atom stereocenters. The second-order valence-electron chi connectivity index (χ2n) is 5.61. The van der Waals surface area contributed by atoms with Crippen molar-refractivity contribution in [2.24, 2.45) is 10.7 Å². The Hall–Kier alpha value is -1.74. The Bertz CT molecular complexity index is 707. The van der Waals surface area contributed by atoms with Crippen LogP contribution in [0.1, 0.15) is 22.8 Å². The summed E-state index contributed by atoms with van der Waals surface area (Å²) >= 11 is 1.83. The van der Waals surface area contributed by atoms with Gasteiger partial charge in [0.15, 0.2) is 5.96 Å². The number of rotatable bonds is 7. The normalized spacial score (nSPS) is 12.0. The van der Waals surface area contributed by atoms with Crippen LogP contribution < -0.4 is 16.4 Å². The highest BCUT2D eigenvalue weighted by atomic mass is 127. The van der Waals surface area contributed by atoms with Crippen LogP contribution in [0.2, 0.25) is 0 Å². The van der Waals surface area contributed by atoms with Crippen LogP contribution >= 0.6 is 35.7 Å². The molecule has 0 saturated heterocycles. The molecule has 0 fully saturated rings. The number of halogens is 1. The topological polar surface area (TPSA) is 79.5 Å². The standard InChI is InChI=1S/C19H24N4OS.HI/c1-14(25-17-6-4-3-5-7-17)12-22-19(21-2)23-13-15-8-10-16(11-9-15)18(20)24;/h3-11,14H,12-13H2,1-2H3,(H2,20,24)(H2,21,22,23);1H. The third-order valence-electron chi connectivity index (χ3n) is 3.56. The number of primary amides is 1. The molecule has 0 aliphatic carbocycles. The predicted octanol–water partition coefficient (Wildman–Crippen LogP) is 3.25. The van der Waals surface area contributed by atoms with Gasteiger partial charge in [-0.25, -0.2) is 0 Å². The number of nitrogens with one attached hydrogen (secondary N) is 2. The lowest BCUT2D eigenvalue weighted by molar-refractivity contribution is 0.100. The highest BCUT2D eigenvalue weighted by Gasteiger charge is 2.06. The minimum absolute atomic E-state index is 0. The summed E-state index contributed by atoms with van der Waals surface area (Å²) in [6.45, 7) is 3.61. The van der Waals surface area contributed by atoms with Crippen molar-refractivity contribution < 1.29 is 4.79 Å². The van der Waals surface area contributed by atoms with Gasteiger partial charge in [0.05, 0.1) is 0 Å². The van der Waals surface area contributed by atoms with E-state index in [0.717, 1.165) is 18.1 Å². The largest absolute Gasteiger partial charge is 0.366 e. The van der Waals surface area contributed by atoms with Crippen LogP contribution in [0.4, 0.5) is 0 Å². The van der Waals surface area contributed by atoms with Crippen molar-refractivity contribution in [1.82, 2.24) is 10.6 Å². The highest BCUT2D eigenvalue weighted by Crippen LogP contribution is 2.21. The van der Waals surface area contributed by atoms with Gasteiger partial charge in [0.1, 0.15) is 0 Å². The molecule has 26 heavy (non-hydrogen) atoms. The van der Waals surface area contributed by atoms with Crippen molar-refractivity contribution >= 4 is 47.6 Å². The van der Waals surface area contributed by atoms with E-state index in [2.05, 4.69) is 34.7 Å². The maximum absolute atomic E-state index is 11.1. The van der Waals surface area contributed by atoms with Gasteiger partial charge >= 0.3 is 0 Å². The molecule has 2 rings (SSSR count). The monoisotopic (exact) mass is 484 g/mol. The van der Waals surface area contributed by atoms with Gasteiger partial charge in [-0.05, 0) is 29.8 Å². The van der Waals surface area contributed by atoms with Crippen molar-refractivity contribution in [3.63, 3.8) is 0 Å². The molecule has 2 aromatic carbocycles. The predicted molar refractivity (Wildman–Crippen MR) is 120 cm³/mol. The molecule has 0 aliphatic heterocycles. The van der Waals surface area contributed by atoms with E-state index in [9.17, 15) is 4.79 Å². The fraction of sp³-hybridized carbons (Fsp3) is 0.263. The summed E-state index contributed by atoms with van der Waals surface area (Å²) in [5, 5.41) is 7.01. The van der Waals surface area contributed by atoms with Gasteiger partial charge in [-0.3, -0.25) is 9.79 Å². The molecular formula is C19H25IN4OS.